The zero-order valence-corrected chi connectivity index (χ0v) is 22.6. The molecule has 7 nitrogen and oxygen atoms in total. The summed E-state index contributed by atoms with van der Waals surface area (Å²) in [5.41, 5.74) is 8.50. The number of carbonyl (C=O) groups excluding carboxylic acids is 2. The molecule has 0 saturated heterocycles. The molecule has 0 aliphatic heterocycles. The molecular formula is C29H38ClN3O4. The van der Waals surface area contributed by atoms with Crippen LogP contribution in [-0.4, -0.2) is 43.0 Å². The van der Waals surface area contributed by atoms with Crippen molar-refractivity contribution in [2.75, 3.05) is 19.5 Å². The van der Waals surface area contributed by atoms with E-state index in [4.69, 9.17) is 26.8 Å². The Morgan fingerprint density at radius 3 is 2.35 bits per heavy atom. The van der Waals surface area contributed by atoms with Gasteiger partial charge in [-0.3, -0.25) is 9.59 Å². The summed E-state index contributed by atoms with van der Waals surface area (Å²) in [5, 5.41) is 3.62. The van der Waals surface area contributed by atoms with Crippen LogP contribution in [0, 0.1) is 5.92 Å². The SMILES string of the molecule is COc1ccc(C(=O)N(Cc2cc(NC(=O)C3CCCCC3)ccc2Cl)C2CCCCC2N)cc1OC. The lowest BCUT2D eigenvalue weighted by molar-refractivity contribution is -0.120. The van der Waals surface area contributed by atoms with Crippen LogP contribution in [0.2, 0.25) is 5.02 Å². The second-order valence-corrected chi connectivity index (χ2v) is 10.6. The van der Waals surface area contributed by atoms with Gasteiger partial charge in [0, 0.05) is 40.8 Å². The first-order valence-corrected chi connectivity index (χ1v) is 13.7. The highest BCUT2D eigenvalue weighted by Gasteiger charge is 2.32. The molecular weight excluding hydrogens is 490 g/mol. The molecule has 4 rings (SSSR count). The number of anilines is 1. The Balaban J connectivity index is 1.60. The van der Waals surface area contributed by atoms with Gasteiger partial charge in [-0.05, 0) is 67.6 Å². The van der Waals surface area contributed by atoms with E-state index in [1.165, 1.54) is 6.42 Å². The van der Waals surface area contributed by atoms with E-state index in [2.05, 4.69) is 5.32 Å². The fraction of sp³-hybridized carbons (Fsp3) is 0.517. The number of hydrogen-bond donors (Lipinski definition) is 2. The van der Waals surface area contributed by atoms with Gasteiger partial charge in [-0.2, -0.15) is 0 Å². The van der Waals surface area contributed by atoms with Gasteiger partial charge >= 0.3 is 0 Å². The van der Waals surface area contributed by atoms with Gasteiger partial charge in [-0.1, -0.05) is 43.7 Å². The molecule has 2 aliphatic carbocycles. The summed E-state index contributed by atoms with van der Waals surface area (Å²) in [6.07, 6.45) is 9.01. The van der Waals surface area contributed by atoms with Crippen LogP contribution in [-0.2, 0) is 11.3 Å². The molecule has 2 unspecified atom stereocenters. The van der Waals surface area contributed by atoms with E-state index in [9.17, 15) is 9.59 Å². The summed E-state index contributed by atoms with van der Waals surface area (Å²) in [6, 6.07) is 10.4. The molecule has 2 saturated carbocycles. The molecule has 8 heteroatoms. The van der Waals surface area contributed by atoms with E-state index in [1.54, 1.807) is 38.5 Å². The summed E-state index contributed by atoms with van der Waals surface area (Å²) >= 11 is 6.62. The van der Waals surface area contributed by atoms with Crippen LogP contribution < -0.4 is 20.5 Å². The van der Waals surface area contributed by atoms with Crippen molar-refractivity contribution in [2.24, 2.45) is 11.7 Å². The summed E-state index contributed by atoms with van der Waals surface area (Å²) in [6.45, 7) is 0.289. The van der Waals surface area contributed by atoms with E-state index in [-0.39, 0.29) is 36.4 Å². The number of hydrogen-bond acceptors (Lipinski definition) is 5. The molecule has 2 aromatic rings. The smallest absolute Gasteiger partial charge is 0.254 e. The maximum Gasteiger partial charge on any atom is 0.254 e. The lowest BCUT2D eigenvalue weighted by Gasteiger charge is -2.39. The average molecular weight is 528 g/mol. The minimum atomic E-state index is -0.143. The number of halogens is 1. The van der Waals surface area contributed by atoms with Gasteiger partial charge in [-0.15, -0.1) is 0 Å². The Bertz CT molecular complexity index is 1100. The largest absolute Gasteiger partial charge is 0.493 e. The van der Waals surface area contributed by atoms with Crippen molar-refractivity contribution in [3.63, 3.8) is 0 Å². The molecule has 2 fully saturated rings. The predicted octanol–water partition coefficient (Wildman–Crippen LogP) is 5.79. The minimum Gasteiger partial charge on any atom is -0.493 e. The molecule has 3 N–H and O–H groups in total. The monoisotopic (exact) mass is 527 g/mol. The van der Waals surface area contributed by atoms with Crippen molar-refractivity contribution >= 4 is 29.1 Å². The number of rotatable bonds is 8. The second-order valence-electron chi connectivity index (χ2n) is 10.1. The maximum atomic E-state index is 13.9. The number of nitrogens with one attached hydrogen (secondary N) is 1. The van der Waals surface area contributed by atoms with Crippen LogP contribution in [0.15, 0.2) is 36.4 Å². The maximum absolute atomic E-state index is 13.9. The number of ether oxygens (including phenoxy) is 2. The highest BCUT2D eigenvalue weighted by Crippen LogP contribution is 2.32. The van der Waals surface area contributed by atoms with Crippen LogP contribution in [0.4, 0.5) is 5.69 Å². The molecule has 200 valence electrons. The third kappa shape index (κ3) is 6.57. The molecule has 2 aliphatic rings. The van der Waals surface area contributed by atoms with Crippen LogP contribution >= 0.6 is 11.6 Å². The Morgan fingerprint density at radius 2 is 1.65 bits per heavy atom. The van der Waals surface area contributed by atoms with Gasteiger partial charge < -0.3 is 25.4 Å². The van der Waals surface area contributed by atoms with Crippen LogP contribution in [0.25, 0.3) is 0 Å². The second kappa shape index (κ2) is 12.7. The highest BCUT2D eigenvalue weighted by molar-refractivity contribution is 6.31. The van der Waals surface area contributed by atoms with Gasteiger partial charge in [0.2, 0.25) is 5.91 Å². The summed E-state index contributed by atoms with van der Waals surface area (Å²) in [7, 11) is 3.11. The molecule has 0 radical (unpaired) electrons. The highest BCUT2D eigenvalue weighted by atomic mass is 35.5. The average Bonchev–Trinajstić information content (AvgIpc) is 2.93. The normalized spacial score (nSPS) is 20.2. The first-order valence-electron chi connectivity index (χ1n) is 13.3. The quantitative estimate of drug-likeness (QED) is 0.453. The standard InChI is InChI=1S/C29H38ClN3O4/c1-36-26-15-12-20(17-27(26)37-2)29(35)33(25-11-7-6-10-24(25)31)18-21-16-22(13-14-23(21)30)32-28(34)19-8-4-3-5-9-19/h12-17,19,24-25H,3-11,18,31H2,1-2H3,(H,32,34). The van der Waals surface area contributed by atoms with Crippen molar-refractivity contribution in [3.05, 3.63) is 52.5 Å². The number of nitrogens with zero attached hydrogens (tertiary/aromatic N) is 1. The molecule has 0 aromatic heterocycles. The third-order valence-corrected chi connectivity index (χ3v) is 8.07. The summed E-state index contributed by atoms with van der Waals surface area (Å²) in [5.74, 6) is 1.02. The van der Waals surface area contributed by atoms with Crippen molar-refractivity contribution in [2.45, 2.75) is 76.4 Å². The van der Waals surface area contributed by atoms with Crippen molar-refractivity contribution in [1.82, 2.24) is 4.90 Å². The minimum absolute atomic E-state index is 0.0521. The first-order chi connectivity index (χ1) is 17.9. The Labute approximate surface area is 224 Å². The van der Waals surface area contributed by atoms with E-state index in [0.717, 1.165) is 56.9 Å². The van der Waals surface area contributed by atoms with Crippen LogP contribution in [0.3, 0.4) is 0 Å². The Morgan fingerprint density at radius 1 is 0.946 bits per heavy atom. The third-order valence-electron chi connectivity index (χ3n) is 7.70. The number of amides is 2. The molecule has 37 heavy (non-hydrogen) atoms. The van der Waals surface area contributed by atoms with E-state index in [1.807, 2.05) is 17.0 Å². The van der Waals surface area contributed by atoms with Crippen molar-refractivity contribution in [3.8, 4) is 11.5 Å². The van der Waals surface area contributed by atoms with Crippen molar-refractivity contribution in [1.29, 1.82) is 0 Å². The Hall–Kier alpha value is -2.77. The van der Waals surface area contributed by atoms with Crippen molar-refractivity contribution < 1.29 is 19.1 Å². The molecule has 2 amide bonds. The lowest BCUT2D eigenvalue weighted by atomic mass is 9.88. The summed E-state index contributed by atoms with van der Waals surface area (Å²) in [4.78, 5) is 28.6. The van der Waals surface area contributed by atoms with Crippen LogP contribution in [0.1, 0.15) is 73.7 Å². The van der Waals surface area contributed by atoms with Crippen LogP contribution in [0.5, 0.6) is 11.5 Å². The van der Waals surface area contributed by atoms with E-state index in [0.29, 0.717) is 27.8 Å². The Kier molecular flexibility index (Phi) is 9.33. The van der Waals surface area contributed by atoms with Gasteiger partial charge in [0.1, 0.15) is 0 Å². The van der Waals surface area contributed by atoms with E-state index < -0.39 is 0 Å². The number of carbonyl (C=O) groups is 2. The zero-order valence-electron chi connectivity index (χ0n) is 21.8. The number of nitrogens with two attached hydrogens (primary N) is 1. The van der Waals surface area contributed by atoms with Gasteiger partial charge in [0.25, 0.3) is 5.91 Å². The van der Waals surface area contributed by atoms with E-state index >= 15 is 0 Å². The molecule has 0 bridgehead atoms. The van der Waals surface area contributed by atoms with Gasteiger partial charge in [0.15, 0.2) is 11.5 Å². The first kappa shape index (κ1) is 27.3. The fourth-order valence-corrected chi connectivity index (χ4v) is 5.75. The summed E-state index contributed by atoms with van der Waals surface area (Å²) < 4.78 is 10.8. The molecule has 0 heterocycles. The number of methoxy groups -OCH3 is 2. The predicted molar refractivity (Wildman–Crippen MR) is 146 cm³/mol. The lowest BCUT2D eigenvalue weighted by Crippen LogP contribution is -2.51. The molecule has 2 atom stereocenters. The number of benzene rings is 2. The molecule has 0 spiro atoms. The topological polar surface area (TPSA) is 93.9 Å². The molecule has 2 aromatic carbocycles. The van der Waals surface area contributed by atoms with Gasteiger partial charge in [-0.25, -0.2) is 0 Å². The van der Waals surface area contributed by atoms with Gasteiger partial charge in [0.05, 0.1) is 14.2 Å². The fourth-order valence-electron chi connectivity index (χ4n) is 5.57. The zero-order chi connectivity index (χ0) is 26.4.